The van der Waals surface area contributed by atoms with E-state index >= 15 is 0 Å². The fourth-order valence-corrected chi connectivity index (χ4v) is 10.8. The number of piperazine rings is 1. The first-order chi connectivity index (χ1) is 27.5. The van der Waals surface area contributed by atoms with E-state index in [9.17, 15) is 24.0 Å². The van der Waals surface area contributed by atoms with Crippen molar-refractivity contribution in [3.63, 3.8) is 0 Å². The molecule has 3 aliphatic heterocycles. The van der Waals surface area contributed by atoms with E-state index in [4.69, 9.17) is 17.0 Å². The number of urea groups is 1. The molecule has 5 amide bonds. The maximum Gasteiger partial charge on any atom is 0.355 e. The highest BCUT2D eigenvalue weighted by Gasteiger charge is 2.60. The highest BCUT2D eigenvalue weighted by atomic mass is 32.2. The van der Waals surface area contributed by atoms with Gasteiger partial charge >= 0.3 is 23.8 Å². The third-order valence-corrected chi connectivity index (χ3v) is 14.1. The van der Waals surface area contributed by atoms with Crippen LogP contribution < -0.4 is 10.6 Å². The number of fused-ring (bicyclic) bond motifs is 1. The minimum Gasteiger partial charge on any atom is -0.448 e. The molecule has 13 nitrogen and oxygen atoms in total. The van der Waals surface area contributed by atoms with E-state index in [1.807, 2.05) is 67.6 Å². The van der Waals surface area contributed by atoms with Crippen LogP contribution >= 0.6 is 47.1 Å². The second-order valence-electron chi connectivity index (χ2n) is 13.6. The number of aromatic nitrogens is 2. The van der Waals surface area contributed by atoms with Gasteiger partial charge in [-0.1, -0.05) is 126 Å². The Morgan fingerprint density at radius 3 is 2.12 bits per heavy atom. The fraction of sp³-hybridized carbons (Fsp3) is 0.300. The van der Waals surface area contributed by atoms with Crippen molar-refractivity contribution in [1.29, 1.82) is 0 Å². The zero-order valence-electron chi connectivity index (χ0n) is 31.2. The number of nitrogens with one attached hydrogen (secondary N) is 2. The molecule has 7 rings (SSSR count). The Balaban J connectivity index is 1.16. The molecule has 0 saturated carbocycles. The number of thiocarbonyl (C=S) groups is 1. The first-order valence-corrected chi connectivity index (χ1v) is 21.4. The lowest BCUT2D eigenvalue weighted by Crippen LogP contribution is -2.78. The van der Waals surface area contributed by atoms with Gasteiger partial charge in [0.2, 0.25) is 5.91 Å². The number of amides is 5. The molecular formula is C40H39N7O6S4. The quantitative estimate of drug-likeness (QED) is 0.0829. The van der Waals surface area contributed by atoms with Crippen molar-refractivity contribution in [2.24, 2.45) is 0 Å². The van der Waals surface area contributed by atoms with Crippen molar-refractivity contribution in [1.82, 2.24) is 35.5 Å². The van der Waals surface area contributed by atoms with Crippen LogP contribution in [0.15, 0.2) is 107 Å². The van der Waals surface area contributed by atoms with Gasteiger partial charge in [0, 0.05) is 31.1 Å². The van der Waals surface area contributed by atoms with Crippen LogP contribution in [0.4, 0.5) is 4.79 Å². The Morgan fingerprint density at radius 2 is 1.54 bits per heavy atom. The van der Waals surface area contributed by atoms with Gasteiger partial charge in [-0.2, -0.15) is 0 Å². The summed E-state index contributed by atoms with van der Waals surface area (Å²) in [5.74, 6) is -2.02. The predicted molar refractivity (Wildman–Crippen MR) is 222 cm³/mol. The number of nitrogens with zero attached hydrogens (tertiary/aromatic N) is 5. The second-order valence-corrected chi connectivity index (χ2v) is 17.5. The van der Waals surface area contributed by atoms with Crippen molar-refractivity contribution in [2.45, 2.75) is 48.2 Å². The topological polar surface area (TPSA) is 154 Å². The summed E-state index contributed by atoms with van der Waals surface area (Å²) in [5.41, 5.74) is 2.03. The summed E-state index contributed by atoms with van der Waals surface area (Å²) in [6.07, 6.45) is -0.705. The first kappa shape index (κ1) is 40.1. The SMILES string of the molecule is CCN1CCN(C(=O)NC(C(=O)N[C@]2(C)C(=S)N3C(C(=O)OC(c4ccccc4)c4ccccc4)=C(CSc4nnc(C)s4)CS[C@H]32)c2ccccc2)C(=O)C1=O. The molecule has 57 heavy (non-hydrogen) atoms. The van der Waals surface area contributed by atoms with E-state index in [0.29, 0.717) is 34.3 Å². The molecule has 294 valence electrons. The average Bonchev–Trinajstić information content (AvgIpc) is 3.66. The Hall–Kier alpha value is -5.10. The zero-order chi connectivity index (χ0) is 40.3. The number of carbonyl (C=O) groups is 5. The van der Waals surface area contributed by atoms with Crippen LogP contribution in [0.5, 0.6) is 0 Å². The van der Waals surface area contributed by atoms with Crippen molar-refractivity contribution in [2.75, 3.05) is 31.1 Å². The molecule has 0 bridgehead atoms. The number of hydrogen-bond acceptors (Lipinski definition) is 12. The van der Waals surface area contributed by atoms with E-state index in [0.717, 1.165) is 30.9 Å². The maximum absolute atomic E-state index is 14.6. The molecule has 1 unspecified atom stereocenters. The smallest absolute Gasteiger partial charge is 0.355 e. The van der Waals surface area contributed by atoms with Crippen LogP contribution in [0.3, 0.4) is 0 Å². The van der Waals surface area contributed by atoms with Gasteiger partial charge in [0.1, 0.15) is 32.6 Å². The van der Waals surface area contributed by atoms with Gasteiger partial charge in [-0.05, 0) is 43.0 Å². The number of carbonyl (C=O) groups excluding carboxylic acids is 5. The summed E-state index contributed by atoms with van der Waals surface area (Å²) < 4.78 is 7.16. The summed E-state index contributed by atoms with van der Waals surface area (Å²) in [5, 5.41) is 14.5. The van der Waals surface area contributed by atoms with Gasteiger partial charge in [0.05, 0.1) is 0 Å². The molecule has 1 aromatic heterocycles. The monoisotopic (exact) mass is 841 g/mol. The highest BCUT2D eigenvalue weighted by Crippen LogP contribution is 2.48. The number of hydrogen-bond donors (Lipinski definition) is 2. The number of imide groups is 1. The summed E-state index contributed by atoms with van der Waals surface area (Å²) in [7, 11) is 0. The minimum atomic E-state index is -1.24. The van der Waals surface area contributed by atoms with Crippen LogP contribution in [-0.2, 0) is 23.9 Å². The molecule has 4 aromatic rings. The van der Waals surface area contributed by atoms with Crippen LogP contribution in [0, 0.1) is 6.92 Å². The number of aryl methyl sites for hydroxylation is 1. The van der Waals surface area contributed by atoms with E-state index < -0.39 is 52.8 Å². The fourth-order valence-electron chi connectivity index (χ4n) is 6.88. The number of ether oxygens (including phenoxy) is 1. The van der Waals surface area contributed by atoms with Crippen LogP contribution in [0.25, 0.3) is 0 Å². The van der Waals surface area contributed by atoms with Crippen molar-refractivity contribution >= 4 is 81.8 Å². The number of esters is 1. The average molecular weight is 842 g/mol. The summed E-state index contributed by atoms with van der Waals surface area (Å²) in [6.45, 7) is 5.94. The molecule has 2 fully saturated rings. The third-order valence-electron chi connectivity index (χ3n) is 9.86. The maximum atomic E-state index is 14.6. The van der Waals surface area contributed by atoms with Crippen molar-refractivity contribution in [3.8, 4) is 0 Å². The number of rotatable bonds is 12. The molecule has 3 aromatic carbocycles. The van der Waals surface area contributed by atoms with Gasteiger partial charge in [0.25, 0.3) is 0 Å². The molecule has 2 saturated heterocycles. The van der Waals surface area contributed by atoms with Crippen LogP contribution in [-0.4, -0.2) is 102 Å². The van der Waals surface area contributed by atoms with Crippen LogP contribution in [0.1, 0.15) is 47.7 Å². The van der Waals surface area contributed by atoms with E-state index in [-0.39, 0.29) is 13.1 Å². The first-order valence-electron chi connectivity index (χ1n) is 18.2. The molecule has 3 aliphatic rings. The molecular weight excluding hydrogens is 803 g/mol. The molecule has 0 spiro atoms. The zero-order valence-corrected chi connectivity index (χ0v) is 34.5. The largest absolute Gasteiger partial charge is 0.448 e. The van der Waals surface area contributed by atoms with Gasteiger partial charge in [0.15, 0.2) is 10.4 Å². The molecule has 3 atom stereocenters. The van der Waals surface area contributed by atoms with Gasteiger partial charge < -0.3 is 25.2 Å². The highest BCUT2D eigenvalue weighted by molar-refractivity contribution is 8.02. The van der Waals surface area contributed by atoms with Gasteiger partial charge in [-0.3, -0.25) is 19.3 Å². The van der Waals surface area contributed by atoms with Crippen molar-refractivity contribution < 1.29 is 28.7 Å². The Kier molecular flexibility index (Phi) is 12.1. The number of thioether (sulfide) groups is 2. The van der Waals surface area contributed by atoms with Gasteiger partial charge in [-0.25, -0.2) is 9.59 Å². The molecule has 0 aliphatic carbocycles. The predicted octanol–water partition coefficient (Wildman–Crippen LogP) is 5.26. The summed E-state index contributed by atoms with van der Waals surface area (Å²) in [4.78, 5) is 72.1. The number of benzene rings is 3. The lowest BCUT2D eigenvalue weighted by atomic mass is 9.88. The summed E-state index contributed by atoms with van der Waals surface area (Å²) in [6, 6.07) is 25.5. The molecule has 2 N–H and O–H groups in total. The number of likely N-dealkylation sites (N-methyl/N-ethyl adjacent to an activating group) is 1. The summed E-state index contributed by atoms with van der Waals surface area (Å²) >= 11 is 10.5. The van der Waals surface area contributed by atoms with Crippen molar-refractivity contribution in [3.05, 3.63) is 124 Å². The van der Waals surface area contributed by atoms with Gasteiger partial charge in [-0.15, -0.1) is 22.0 Å². The molecule has 4 heterocycles. The molecule has 0 radical (unpaired) electrons. The Labute approximate surface area is 347 Å². The minimum absolute atomic E-state index is 0.0112. The normalized spacial score (nSPS) is 19.9. The van der Waals surface area contributed by atoms with E-state index in [2.05, 4.69) is 20.8 Å². The second kappa shape index (κ2) is 17.2. The van der Waals surface area contributed by atoms with Crippen LogP contribution in [0.2, 0.25) is 0 Å². The lowest BCUT2D eigenvalue weighted by molar-refractivity contribution is -0.153. The third kappa shape index (κ3) is 8.19. The Morgan fingerprint density at radius 1 is 0.930 bits per heavy atom. The Bertz CT molecular complexity index is 2180. The standard InChI is InChI=1S/C40H39N7O6S4/c1-4-45-20-21-46(34(50)33(45)49)38(52)41-29(25-14-8-5-9-15-25)32(48)42-40(3)36(54)47-30(28(22-55-37(40)47)23-56-39-44-43-24(2)57-39)35(51)53-31(26-16-10-6-11-17-26)27-18-12-7-13-19-27/h5-19,29,31,37H,4,20-23H2,1-3H3,(H,41,52)(H,42,48)/t29?,37-,40+/m0/s1. The van der Waals surface area contributed by atoms with E-state index in [1.165, 1.54) is 39.8 Å². The molecule has 17 heteroatoms. The lowest BCUT2D eigenvalue weighted by Gasteiger charge is -2.59. The van der Waals surface area contributed by atoms with E-state index in [1.54, 1.807) is 49.1 Å².